The lowest BCUT2D eigenvalue weighted by Gasteiger charge is -2.45. The zero-order valence-electron chi connectivity index (χ0n) is 8.91. The Labute approximate surface area is 87.5 Å². The molecule has 0 radical (unpaired) electrons. The average Bonchev–Trinajstić information content (AvgIpc) is 2.20. The van der Waals surface area contributed by atoms with Crippen molar-refractivity contribution >= 4 is 6.26 Å². The van der Waals surface area contributed by atoms with Crippen LogP contribution in [-0.4, -0.2) is 63.4 Å². The number of carbonyl (C=O) groups excluding carboxylic acids is 1. The molecular formula is C8H15NO6. The topological polar surface area (TPSA) is 133 Å². The first-order chi connectivity index (χ1) is 7.31. The maximum Gasteiger partial charge on any atom is 0.190 e. The Balaban J connectivity index is 2.89. The summed E-state index contributed by atoms with van der Waals surface area (Å²) in [5.41, 5.74) is 5.41. The van der Waals surface area contributed by atoms with Crippen molar-refractivity contribution in [2.24, 2.45) is 5.73 Å². The fourth-order valence-electron chi connectivity index (χ4n) is 1.52. The quantitative estimate of drug-likeness (QED) is 0.316. The Hall–Kier alpha value is -0.570. The number of hydrogen-bond donors (Lipinski definition) is 5. The van der Waals surface area contributed by atoms with Gasteiger partial charge < -0.3 is 35.7 Å². The van der Waals surface area contributed by atoms with Crippen LogP contribution in [-0.2, 0) is 9.53 Å². The molecular weight excluding hydrogens is 206 g/mol. The van der Waals surface area contributed by atoms with Gasteiger partial charge in [-0.05, 0) is 0 Å². The SMILES string of the molecule is [2H]C(=O)CC1(O)O[C@H](CO)[C@@H](O)[C@H](O)[C@H]1N. The van der Waals surface area contributed by atoms with Gasteiger partial charge in [0.1, 0.15) is 25.9 Å². The molecule has 0 aliphatic carbocycles. The molecule has 1 aliphatic rings. The van der Waals surface area contributed by atoms with Crippen LogP contribution in [0.25, 0.3) is 0 Å². The Morgan fingerprint density at radius 1 is 1.53 bits per heavy atom. The summed E-state index contributed by atoms with van der Waals surface area (Å²) in [4.78, 5) is 10.6. The third-order valence-electron chi connectivity index (χ3n) is 2.48. The van der Waals surface area contributed by atoms with Crippen molar-refractivity contribution in [3.8, 4) is 0 Å². The number of aldehydes is 1. The molecule has 6 N–H and O–H groups in total. The lowest BCUT2D eigenvalue weighted by atomic mass is 9.89. The molecule has 5 atom stereocenters. The van der Waals surface area contributed by atoms with Gasteiger partial charge >= 0.3 is 0 Å². The molecule has 0 saturated carbocycles. The third kappa shape index (κ3) is 2.17. The zero-order valence-corrected chi connectivity index (χ0v) is 7.91. The highest BCUT2D eigenvalue weighted by molar-refractivity contribution is 5.51. The summed E-state index contributed by atoms with van der Waals surface area (Å²) in [6.45, 7) is -0.653. The molecule has 1 rings (SSSR count). The summed E-state index contributed by atoms with van der Waals surface area (Å²) >= 11 is 0. The molecule has 7 nitrogen and oxygen atoms in total. The molecule has 1 unspecified atom stereocenters. The predicted molar refractivity (Wildman–Crippen MR) is 47.6 cm³/mol. The zero-order chi connectivity index (χ0) is 12.5. The second-order valence-electron chi connectivity index (χ2n) is 3.51. The van der Waals surface area contributed by atoms with Crippen LogP contribution in [0.2, 0.25) is 0 Å². The molecule has 1 aliphatic heterocycles. The molecule has 0 amide bonds. The molecule has 1 heterocycles. The molecule has 0 aromatic rings. The number of hydrogen-bond acceptors (Lipinski definition) is 7. The van der Waals surface area contributed by atoms with Crippen LogP contribution in [0.5, 0.6) is 0 Å². The van der Waals surface area contributed by atoms with E-state index in [1.165, 1.54) is 0 Å². The predicted octanol–water partition coefficient (Wildman–Crippen LogP) is -3.30. The molecule has 88 valence electrons. The number of aliphatic hydroxyl groups is 4. The largest absolute Gasteiger partial charge is 0.394 e. The minimum Gasteiger partial charge on any atom is -0.394 e. The monoisotopic (exact) mass is 222 g/mol. The van der Waals surface area contributed by atoms with E-state index in [4.69, 9.17) is 16.9 Å². The second kappa shape index (κ2) is 4.52. The van der Waals surface area contributed by atoms with E-state index in [9.17, 15) is 20.1 Å². The van der Waals surface area contributed by atoms with Crippen LogP contribution in [0.3, 0.4) is 0 Å². The number of aliphatic hydroxyl groups excluding tert-OH is 3. The van der Waals surface area contributed by atoms with Gasteiger partial charge in [0.15, 0.2) is 5.79 Å². The number of rotatable bonds is 3. The van der Waals surface area contributed by atoms with Gasteiger partial charge in [0.05, 0.1) is 19.1 Å². The van der Waals surface area contributed by atoms with Crippen molar-refractivity contribution in [3.05, 3.63) is 0 Å². The van der Waals surface area contributed by atoms with Gasteiger partial charge in [0, 0.05) is 0 Å². The summed E-state index contributed by atoms with van der Waals surface area (Å²) < 4.78 is 11.6. The molecule has 1 fully saturated rings. The lowest BCUT2D eigenvalue weighted by molar-refractivity contribution is -0.312. The van der Waals surface area contributed by atoms with Gasteiger partial charge in [0.2, 0.25) is 0 Å². The molecule has 0 aromatic carbocycles. The summed E-state index contributed by atoms with van der Waals surface area (Å²) in [7, 11) is 0. The highest BCUT2D eigenvalue weighted by Gasteiger charge is 2.51. The average molecular weight is 222 g/mol. The molecule has 1 saturated heterocycles. The normalized spacial score (nSPS) is 47.4. The van der Waals surface area contributed by atoms with E-state index >= 15 is 0 Å². The van der Waals surface area contributed by atoms with Crippen LogP contribution < -0.4 is 5.73 Å². The van der Waals surface area contributed by atoms with Crippen molar-refractivity contribution in [2.45, 2.75) is 36.6 Å². The summed E-state index contributed by atoms with van der Waals surface area (Å²) in [5, 5.41) is 37.6. The Morgan fingerprint density at radius 3 is 2.60 bits per heavy atom. The van der Waals surface area contributed by atoms with Crippen molar-refractivity contribution < 1.29 is 31.3 Å². The first-order valence-electron chi connectivity index (χ1n) is 4.94. The highest BCUT2D eigenvalue weighted by atomic mass is 16.6. The van der Waals surface area contributed by atoms with Crippen LogP contribution >= 0.6 is 0 Å². The molecule has 0 bridgehead atoms. The van der Waals surface area contributed by atoms with E-state index in [0.717, 1.165) is 0 Å². The van der Waals surface area contributed by atoms with Gasteiger partial charge in [-0.3, -0.25) is 0 Å². The first-order valence-corrected chi connectivity index (χ1v) is 4.44. The molecule has 15 heavy (non-hydrogen) atoms. The van der Waals surface area contributed by atoms with E-state index in [0.29, 0.717) is 0 Å². The smallest absolute Gasteiger partial charge is 0.190 e. The van der Waals surface area contributed by atoms with E-state index in [2.05, 4.69) is 0 Å². The minimum atomic E-state index is -2.25. The third-order valence-corrected chi connectivity index (χ3v) is 2.48. The van der Waals surface area contributed by atoms with Crippen LogP contribution in [0, 0.1) is 0 Å². The van der Waals surface area contributed by atoms with Gasteiger partial charge in [0.25, 0.3) is 0 Å². The fourth-order valence-corrected chi connectivity index (χ4v) is 1.52. The van der Waals surface area contributed by atoms with Crippen LogP contribution in [0.4, 0.5) is 0 Å². The molecule has 0 aromatic heterocycles. The van der Waals surface area contributed by atoms with Gasteiger partial charge in [-0.25, -0.2) is 0 Å². The Kier molecular flexibility index (Phi) is 3.29. The number of carbonyl (C=O) groups is 1. The number of ether oxygens (including phenoxy) is 1. The fraction of sp³-hybridized carbons (Fsp3) is 0.875. The minimum absolute atomic E-state index is 0.653. The van der Waals surface area contributed by atoms with Crippen molar-refractivity contribution in [1.29, 1.82) is 0 Å². The van der Waals surface area contributed by atoms with Crippen LogP contribution in [0.1, 0.15) is 7.79 Å². The van der Waals surface area contributed by atoms with Crippen LogP contribution in [0.15, 0.2) is 0 Å². The maximum absolute atomic E-state index is 10.6. The van der Waals surface area contributed by atoms with Gasteiger partial charge in [-0.1, -0.05) is 0 Å². The van der Waals surface area contributed by atoms with Crippen molar-refractivity contribution in [1.82, 2.24) is 0 Å². The standard InChI is InChI=1S/C8H15NO6/c9-7-6(13)5(12)4(3-11)15-8(7,14)1-2-10/h2,4-7,11-14H,1,3,9H2/t4-,5-,6+,7-,8?/m1/s1/i2D. The first kappa shape index (κ1) is 10.9. The van der Waals surface area contributed by atoms with E-state index in [-0.39, 0.29) is 0 Å². The van der Waals surface area contributed by atoms with E-state index in [1.54, 1.807) is 0 Å². The van der Waals surface area contributed by atoms with Crippen molar-refractivity contribution in [2.75, 3.05) is 6.61 Å². The van der Waals surface area contributed by atoms with E-state index in [1.807, 2.05) is 0 Å². The van der Waals surface area contributed by atoms with E-state index < -0.39 is 49.4 Å². The molecule has 7 heteroatoms. The summed E-state index contributed by atoms with van der Waals surface area (Å²) in [6.07, 6.45) is -6.12. The summed E-state index contributed by atoms with van der Waals surface area (Å²) in [5.74, 6) is -2.25. The summed E-state index contributed by atoms with van der Waals surface area (Å²) in [6, 6.07) is -1.43. The lowest BCUT2D eigenvalue weighted by Crippen LogP contribution is -2.68. The highest BCUT2D eigenvalue weighted by Crippen LogP contribution is 2.28. The maximum atomic E-state index is 10.6. The van der Waals surface area contributed by atoms with Gasteiger partial charge in [-0.15, -0.1) is 0 Å². The Morgan fingerprint density at radius 2 is 2.13 bits per heavy atom. The Bertz CT molecular complexity index is 275. The van der Waals surface area contributed by atoms with Gasteiger partial charge in [-0.2, -0.15) is 0 Å². The van der Waals surface area contributed by atoms with Crippen molar-refractivity contribution in [3.63, 3.8) is 0 Å². The molecule has 0 spiro atoms. The second-order valence-corrected chi connectivity index (χ2v) is 3.51. The number of nitrogens with two attached hydrogens (primary N) is 1.